The normalized spacial score (nSPS) is 15.7. The van der Waals surface area contributed by atoms with Gasteiger partial charge in [-0.1, -0.05) is 37.3 Å². The molecule has 1 aromatic heterocycles. The van der Waals surface area contributed by atoms with Crippen LogP contribution in [-0.4, -0.2) is 37.1 Å². The molecule has 2 aromatic carbocycles. The van der Waals surface area contributed by atoms with Gasteiger partial charge in [0.15, 0.2) is 0 Å². The van der Waals surface area contributed by atoms with E-state index in [1.54, 1.807) is 35.6 Å². The minimum absolute atomic E-state index is 0.138. The lowest BCUT2D eigenvalue weighted by Crippen LogP contribution is -2.39. The molecule has 2 heterocycles. The molecule has 1 atom stereocenters. The first-order chi connectivity index (χ1) is 14.7. The number of hydrogen-bond donors (Lipinski definition) is 1. The molecule has 4 nitrogen and oxygen atoms in total. The fourth-order valence-corrected chi connectivity index (χ4v) is 4.82. The maximum Gasteiger partial charge on any atom is 0.256 e. The Bertz CT molecular complexity index is 999. The molecule has 1 saturated heterocycles. The van der Waals surface area contributed by atoms with Gasteiger partial charge in [0.05, 0.1) is 19.3 Å². The average molecular weight is 425 g/mol. The van der Waals surface area contributed by atoms with E-state index in [1.807, 2.05) is 24.3 Å². The van der Waals surface area contributed by atoms with Gasteiger partial charge in [-0.3, -0.25) is 9.69 Å². The fourth-order valence-electron chi connectivity index (χ4n) is 3.80. The summed E-state index contributed by atoms with van der Waals surface area (Å²) in [6.07, 6.45) is 0.873. The molecular weight excluding hydrogens is 399 g/mol. The van der Waals surface area contributed by atoms with Crippen LogP contribution in [0.5, 0.6) is 0 Å². The van der Waals surface area contributed by atoms with Crippen LogP contribution in [0.3, 0.4) is 0 Å². The molecule has 156 valence electrons. The molecule has 30 heavy (non-hydrogen) atoms. The molecule has 0 aliphatic carbocycles. The highest BCUT2D eigenvalue weighted by atomic mass is 32.1. The van der Waals surface area contributed by atoms with E-state index in [0.29, 0.717) is 18.8 Å². The zero-order valence-corrected chi connectivity index (χ0v) is 17.8. The number of anilines is 1. The summed E-state index contributed by atoms with van der Waals surface area (Å²) in [7, 11) is 0. The quantitative estimate of drug-likeness (QED) is 0.597. The maximum absolute atomic E-state index is 14.1. The van der Waals surface area contributed by atoms with Gasteiger partial charge in [0.25, 0.3) is 5.91 Å². The molecule has 1 fully saturated rings. The predicted molar refractivity (Wildman–Crippen MR) is 119 cm³/mol. The van der Waals surface area contributed by atoms with Gasteiger partial charge in [-0.25, -0.2) is 4.39 Å². The summed E-state index contributed by atoms with van der Waals surface area (Å²) in [5.41, 5.74) is 2.50. The molecular formula is C24H25FN2O2S. The van der Waals surface area contributed by atoms with Gasteiger partial charge in [0, 0.05) is 29.1 Å². The van der Waals surface area contributed by atoms with Gasteiger partial charge < -0.3 is 10.1 Å². The summed E-state index contributed by atoms with van der Waals surface area (Å²) in [6, 6.07) is 17.9. The number of hydrogen-bond acceptors (Lipinski definition) is 4. The number of nitrogens with one attached hydrogen (secondary N) is 1. The first kappa shape index (κ1) is 20.7. The van der Waals surface area contributed by atoms with Gasteiger partial charge in [0.1, 0.15) is 10.8 Å². The largest absolute Gasteiger partial charge is 0.379 e. The second-order valence-corrected chi connectivity index (χ2v) is 8.41. The van der Waals surface area contributed by atoms with E-state index >= 15 is 0 Å². The van der Waals surface area contributed by atoms with E-state index in [9.17, 15) is 9.18 Å². The van der Waals surface area contributed by atoms with Crippen LogP contribution < -0.4 is 5.32 Å². The summed E-state index contributed by atoms with van der Waals surface area (Å²) >= 11 is 1.59. The van der Waals surface area contributed by atoms with Crippen LogP contribution in [0.15, 0.2) is 60.7 Å². The van der Waals surface area contributed by atoms with Crippen molar-refractivity contribution in [3.8, 4) is 0 Å². The highest BCUT2D eigenvalue weighted by Gasteiger charge is 2.29. The number of nitrogens with zero attached hydrogens (tertiary/aromatic N) is 1. The number of thiophene rings is 1. The third-order valence-electron chi connectivity index (χ3n) is 5.29. The Morgan fingerprint density at radius 3 is 2.60 bits per heavy atom. The van der Waals surface area contributed by atoms with Crippen LogP contribution in [0, 0.1) is 5.82 Å². The Hall–Kier alpha value is -2.54. The van der Waals surface area contributed by atoms with Crippen LogP contribution in [0.25, 0.3) is 0 Å². The van der Waals surface area contributed by atoms with E-state index in [4.69, 9.17) is 4.74 Å². The number of ether oxygens (including phenoxy) is 1. The van der Waals surface area contributed by atoms with Crippen LogP contribution in [0.1, 0.15) is 39.3 Å². The SMILES string of the molecule is CCc1cc([C@@H](c2cccc(F)c2)N2CCOCC2)c(NC(=O)c2ccccc2)s1. The van der Waals surface area contributed by atoms with Crippen LogP contribution in [0.2, 0.25) is 0 Å². The molecule has 1 aliphatic rings. The van der Waals surface area contributed by atoms with Crippen molar-refractivity contribution in [2.75, 3.05) is 31.6 Å². The van der Waals surface area contributed by atoms with Gasteiger partial charge in [-0.05, 0) is 42.3 Å². The van der Waals surface area contributed by atoms with E-state index in [0.717, 1.165) is 35.6 Å². The van der Waals surface area contributed by atoms with Crippen molar-refractivity contribution in [1.82, 2.24) is 4.90 Å². The van der Waals surface area contributed by atoms with E-state index in [2.05, 4.69) is 23.2 Å². The minimum atomic E-state index is -0.258. The Labute approximate surface area is 180 Å². The number of carbonyl (C=O) groups excluding carboxylic acids is 1. The average Bonchev–Trinajstić information content (AvgIpc) is 3.18. The second kappa shape index (κ2) is 9.51. The lowest BCUT2D eigenvalue weighted by Gasteiger charge is -2.35. The highest BCUT2D eigenvalue weighted by Crippen LogP contribution is 2.40. The molecule has 4 rings (SSSR count). The van der Waals surface area contributed by atoms with Gasteiger partial charge in [-0.2, -0.15) is 0 Å². The third kappa shape index (κ3) is 4.61. The Balaban J connectivity index is 1.74. The zero-order valence-electron chi connectivity index (χ0n) is 16.9. The summed E-state index contributed by atoms with van der Waals surface area (Å²) in [4.78, 5) is 16.3. The van der Waals surface area contributed by atoms with Crippen LogP contribution in [-0.2, 0) is 11.2 Å². The Morgan fingerprint density at radius 2 is 1.90 bits per heavy atom. The number of rotatable bonds is 6. The van der Waals surface area contributed by atoms with Gasteiger partial charge in [-0.15, -0.1) is 11.3 Å². The molecule has 1 amide bonds. The molecule has 1 N–H and O–H groups in total. The van der Waals surface area contributed by atoms with Crippen LogP contribution >= 0.6 is 11.3 Å². The summed E-state index contributed by atoms with van der Waals surface area (Å²) < 4.78 is 19.6. The molecule has 6 heteroatoms. The molecule has 0 radical (unpaired) electrons. The summed E-state index contributed by atoms with van der Waals surface area (Å²) in [5.74, 6) is -0.395. The Kier molecular flexibility index (Phi) is 6.57. The third-order valence-corrected chi connectivity index (χ3v) is 6.50. The Morgan fingerprint density at radius 1 is 1.13 bits per heavy atom. The molecule has 0 saturated carbocycles. The van der Waals surface area contributed by atoms with Crippen LogP contribution in [0.4, 0.5) is 9.39 Å². The standard InChI is InChI=1S/C24H25FN2O2S/c1-2-20-16-21(24(30-20)26-23(28)17-7-4-3-5-8-17)22(27-11-13-29-14-12-27)18-9-6-10-19(25)15-18/h3-10,15-16,22H,2,11-14H2,1H3,(H,26,28)/t22-/m1/s1. The van der Waals surface area contributed by atoms with Crippen molar-refractivity contribution in [3.05, 3.63) is 88.0 Å². The summed E-state index contributed by atoms with van der Waals surface area (Å²) in [6.45, 7) is 4.89. The number of benzene rings is 2. The van der Waals surface area contributed by atoms with Crippen molar-refractivity contribution in [1.29, 1.82) is 0 Å². The second-order valence-electron chi connectivity index (χ2n) is 7.28. The first-order valence-corrected chi connectivity index (χ1v) is 11.0. The lowest BCUT2D eigenvalue weighted by molar-refractivity contribution is 0.0241. The lowest BCUT2D eigenvalue weighted by atomic mass is 9.97. The van der Waals surface area contributed by atoms with Crippen molar-refractivity contribution in [3.63, 3.8) is 0 Å². The molecule has 0 bridgehead atoms. The maximum atomic E-state index is 14.1. The molecule has 1 aliphatic heterocycles. The molecule has 0 spiro atoms. The minimum Gasteiger partial charge on any atom is -0.379 e. The van der Waals surface area contributed by atoms with E-state index in [1.165, 1.54) is 10.9 Å². The van der Waals surface area contributed by atoms with Crippen molar-refractivity contribution in [2.45, 2.75) is 19.4 Å². The fraction of sp³-hybridized carbons (Fsp3) is 0.292. The number of carbonyl (C=O) groups is 1. The van der Waals surface area contributed by atoms with Gasteiger partial charge in [0.2, 0.25) is 0 Å². The zero-order chi connectivity index (χ0) is 20.9. The van der Waals surface area contributed by atoms with E-state index < -0.39 is 0 Å². The smallest absolute Gasteiger partial charge is 0.256 e. The number of amides is 1. The van der Waals surface area contributed by atoms with Gasteiger partial charge >= 0.3 is 0 Å². The summed E-state index contributed by atoms with van der Waals surface area (Å²) in [5, 5.41) is 3.93. The highest BCUT2D eigenvalue weighted by molar-refractivity contribution is 7.16. The van der Waals surface area contributed by atoms with Crippen molar-refractivity contribution in [2.24, 2.45) is 0 Å². The topological polar surface area (TPSA) is 41.6 Å². The predicted octanol–water partition coefficient (Wildman–Crippen LogP) is 5.12. The first-order valence-electron chi connectivity index (χ1n) is 10.2. The molecule has 3 aromatic rings. The molecule has 0 unspecified atom stereocenters. The van der Waals surface area contributed by atoms with E-state index in [-0.39, 0.29) is 17.8 Å². The monoisotopic (exact) mass is 424 g/mol. The van der Waals surface area contributed by atoms with Crippen molar-refractivity contribution >= 4 is 22.2 Å². The number of halogens is 1. The number of morpholine rings is 1. The number of aryl methyl sites for hydroxylation is 1. The van der Waals surface area contributed by atoms with Crippen molar-refractivity contribution < 1.29 is 13.9 Å².